The molecule has 0 atom stereocenters. The van der Waals surface area contributed by atoms with Crippen LogP contribution in [-0.4, -0.2) is 29.2 Å². The van der Waals surface area contributed by atoms with Gasteiger partial charge in [0.2, 0.25) is 5.88 Å². The van der Waals surface area contributed by atoms with Crippen LogP contribution in [0.5, 0.6) is 5.88 Å². The van der Waals surface area contributed by atoms with Gasteiger partial charge in [-0.25, -0.2) is 4.98 Å². The van der Waals surface area contributed by atoms with Crippen LogP contribution in [0, 0.1) is 6.92 Å². The minimum Gasteiger partial charge on any atom is -0.475 e. The van der Waals surface area contributed by atoms with Crippen molar-refractivity contribution in [2.45, 2.75) is 6.92 Å². The fourth-order valence-electron chi connectivity index (χ4n) is 1.38. The summed E-state index contributed by atoms with van der Waals surface area (Å²) in [6, 6.07) is 3.08. The molecule has 1 amide bonds. The van der Waals surface area contributed by atoms with E-state index in [1.165, 1.54) is 12.3 Å². The number of nitrogens with one attached hydrogen (secondary N) is 1. The predicted octanol–water partition coefficient (Wildman–Crippen LogP) is 2.49. The molecule has 2 heterocycles. The second-order valence-corrected chi connectivity index (χ2v) is 4.71. The fraction of sp³-hybridized carbons (Fsp3) is 0.250. The highest BCUT2D eigenvalue weighted by molar-refractivity contribution is 6.35. The van der Waals surface area contributed by atoms with E-state index >= 15 is 0 Å². The lowest BCUT2D eigenvalue weighted by Gasteiger charge is -2.07. The number of ether oxygens (including phenoxy) is 1. The summed E-state index contributed by atoms with van der Waals surface area (Å²) < 4.78 is 10.1. The van der Waals surface area contributed by atoms with Crippen LogP contribution in [0.1, 0.15) is 16.2 Å². The number of aromatic nitrogens is 2. The SMILES string of the molecule is Cc1cc(C(=O)NCCOc2ncc(Cl)cc2Cl)no1. The van der Waals surface area contributed by atoms with Crippen molar-refractivity contribution >= 4 is 29.1 Å². The van der Waals surface area contributed by atoms with E-state index in [0.29, 0.717) is 15.8 Å². The van der Waals surface area contributed by atoms with E-state index in [0.717, 1.165) is 0 Å². The average Bonchev–Trinajstić information content (AvgIpc) is 2.83. The monoisotopic (exact) mass is 315 g/mol. The van der Waals surface area contributed by atoms with E-state index in [1.807, 2.05) is 0 Å². The average molecular weight is 316 g/mol. The predicted molar refractivity (Wildman–Crippen MR) is 73.3 cm³/mol. The summed E-state index contributed by atoms with van der Waals surface area (Å²) in [5.41, 5.74) is 0.227. The summed E-state index contributed by atoms with van der Waals surface area (Å²) in [7, 11) is 0. The van der Waals surface area contributed by atoms with Crippen LogP contribution >= 0.6 is 23.2 Å². The molecule has 0 spiro atoms. The summed E-state index contributed by atoms with van der Waals surface area (Å²) in [4.78, 5) is 15.6. The number of aryl methyl sites for hydroxylation is 1. The first-order valence-corrected chi connectivity index (χ1v) is 6.47. The van der Waals surface area contributed by atoms with Gasteiger partial charge in [0.05, 0.1) is 11.6 Å². The van der Waals surface area contributed by atoms with E-state index in [4.69, 9.17) is 32.5 Å². The molecule has 6 nitrogen and oxygen atoms in total. The maximum Gasteiger partial charge on any atom is 0.273 e. The Morgan fingerprint density at radius 2 is 2.25 bits per heavy atom. The molecule has 0 aliphatic heterocycles. The van der Waals surface area contributed by atoms with Crippen molar-refractivity contribution in [3.8, 4) is 5.88 Å². The number of pyridine rings is 1. The standard InChI is InChI=1S/C12H11Cl2N3O3/c1-7-4-10(17-20-7)11(18)15-2-3-19-12-9(14)5-8(13)6-16-12/h4-6H,2-3H2,1H3,(H,15,18). The zero-order valence-electron chi connectivity index (χ0n) is 10.5. The second kappa shape index (κ2) is 6.58. The molecule has 2 rings (SSSR count). The van der Waals surface area contributed by atoms with Crippen molar-refractivity contribution in [3.63, 3.8) is 0 Å². The quantitative estimate of drug-likeness (QED) is 0.858. The topological polar surface area (TPSA) is 77.2 Å². The largest absolute Gasteiger partial charge is 0.475 e. The maximum absolute atomic E-state index is 11.6. The van der Waals surface area contributed by atoms with Gasteiger partial charge in [0, 0.05) is 12.3 Å². The van der Waals surface area contributed by atoms with E-state index in [2.05, 4.69) is 15.5 Å². The van der Waals surface area contributed by atoms with Gasteiger partial charge in [-0.2, -0.15) is 0 Å². The third-order valence-electron chi connectivity index (χ3n) is 2.26. The van der Waals surface area contributed by atoms with E-state index in [-0.39, 0.29) is 30.6 Å². The summed E-state index contributed by atoms with van der Waals surface area (Å²) in [5, 5.41) is 6.97. The molecule has 0 radical (unpaired) electrons. The Morgan fingerprint density at radius 3 is 2.90 bits per heavy atom. The first kappa shape index (κ1) is 14.6. The Labute approximate surface area is 125 Å². The van der Waals surface area contributed by atoms with Gasteiger partial charge in [-0.15, -0.1) is 0 Å². The number of hydrogen-bond donors (Lipinski definition) is 1. The normalized spacial score (nSPS) is 10.3. The van der Waals surface area contributed by atoms with Crippen LogP contribution < -0.4 is 10.1 Å². The number of nitrogens with zero attached hydrogens (tertiary/aromatic N) is 2. The second-order valence-electron chi connectivity index (χ2n) is 3.87. The maximum atomic E-state index is 11.6. The molecule has 2 aromatic rings. The molecule has 2 aromatic heterocycles. The Bertz CT molecular complexity index is 616. The van der Waals surface area contributed by atoms with E-state index in [1.54, 1.807) is 13.0 Å². The molecule has 0 saturated carbocycles. The highest BCUT2D eigenvalue weighted by Crippen LogP contribution is 2.24. The third-order valence-corrected chi connectivity index (χ3v) is 2.74. The van der Waals surface area contributed by atoms with Gasteiger partial charge in [-0.05, 0) is 13.0 Å². The van der Waals surface area contributed by atoms with Crippen LogP contribution in [0.15, 0.2) is 22.9 Å². The van der Waals surface area contributed by atoms with E-state index in [9.17, 15) is 4.79 Å². The molecule has 20 heavy (non-hydrogen) atoms. The lowest BCUT2D eigenvalue weighted by Crippen LogP contribution is -2.28. The molecule has 8 heteroatoms. The molecule has 0 aromatic carbocycles. The molecule has 0 fully saturated rings. The van der Waals surface area contributed by atoms with Gasteiger partial charge in [-0.1, -0.05) is 28.4 Å². The van der Waals surface area contributed by atoms with Crippen molar-refractivity contribution < 1.29 is 14.1 Å². The highest BCUT2D eigenvalue weighted by Gasteiger charge is 2.10. The molecule has 0 aliphatic rings. The van der Waals surface area contributed by atoms with Crippen LogP contribution in [0.4, 0.5) is 0 Å². The number of carbonyl (C=O) groups excluding carboxylic acids is 1. The summed E-state index contributed by atoms with van der Waals surface area (Å²) in [5.74, 6) is 0.506. The van der Waals surface area contributed by atoms with Crippen molar-refractivity contribution in [2.24, 2.45) is 0 Å². The first-order valence-electron chi connectivity index (χ1n) is 5.71. The lowest BCUT2D eigenvalue weighted by atomic mass is 10.3. The van der Waals surface area contributed by atoms with Crippen LogP contribution in [0.25, 0.3) is 0 Å². The van der Waals surface area contributed by atoms with Gasteiger partial charge in [-0.3, -0.25) is 4.79 Å². The summed E-state index contributed by atoms with van der Waals surface area (Å²) >= 11 is 11.6. The van der Waals surface area contributed by atoms with Gasteiger partial charge in [0.1, 0.15) is 17.4 Å². The Hall–Kier alpha value is -1.79. The Morgan fingerprint density at radius 1 is 1.45 bits per heavy atom. The minimum atomic E-state index is -0.333. The molecule has 0 unspecified atom stereocenters. The zero-order valence-corrected chi connectivity index (χ0v) is 12.0. The lowest BCUT2D eigenvalue weighted by molar-refractivity contribution is 0.0937. The van der Waals surface area contributed by atoms with Crippen LogP contribution in [0.3, 0.4) is 0 Å². The molecule has 0 aliphatic carbocycles. The molecule has 0 saturated heterocycles. The highest BCUT2D eigenvalue weighted by atomic mass is 35.5. The summed E-state index contributed by atoms with van der Waals surface area (Å²) in [6.45, 7) is 2.21. The molecular formula is C12H11Cl2N3O3. The van der Waals surface area contributed by atoms with Crippen molar-refractivity contribution in [3.05, 3.63) is 39.8 Å². The number of rotatable bonds is 5. The van der Waals surface area contributed by atoms with E-state index < -0.39 is 0 Å². The van der Waals surface area contributed by atoms with Crippen molar-refractivity contribution in [1.29, 1.82) is 0 Å². The first-order chi connectivity index (χ1) is 9.56. The number of amides is 1. The molecular weight excluding hydrogens is 305 g/mol. The van der Waals surface area contributed by atoms with Crippen LogP contribution in [-0.2, 0) is 0 Å². The van der Waals surface area contributed by atoms with Crippen LogP contribution in [0.2, 0.25) is 10.0 Å². The Balaban J connectivity index is 1.77. The Kier molecular flexibility index (Phi) is 4.81. The smallest absolute Gasteiger partial charge is 0.273 e. The summed E-state index contributed by atoms with van der Waals surface area (Å²) in [6.07, 6.45) is 1.43. The minimum absolute atomic E-state index is 0.219. The zero-order chi connectivity index (χ0) is 14.5. The third kappa shape index (κ3) is 3.85. The molecule has 1 N–H and O–H groups in total. The van der Waals surface area contributed by atoms with Gasteiger partial charge in [0.15, 0.2) is 5.69 Å². The van der Waals surface area contributed by atoms with Gasteiger partial charge < -0.3 is 14.6 Å². The molecule has 0 bridgehead atoms. The van der Waals surface area contributed by atoms with Gasteiger partial charge in [0.25, 0.3) is 5.91 Å². The number of hydrogen-bond acceptors (Lipinski definition) is 5. The van der Waals surface area contributed by atoms with Gasteiger partial charge >= 0.3 is 0 Å². The molecule has 106 valence electrons. The van der Waals surface area contributed by atoms with Crippen molar-refractivity contribution in [2.75, 3.05) is 13.2 Å². The number of carbonyl (C=O) groups is 1. The number of halogens is 2. The van der Waals surface area contributed by atoms with Crippen molar-refractivity contribution in [1.82, 2.24) is 15.5 Å². The fourth-order valence-corrected chi connectivity index (χ4v) is 1.82.